The molecule has 0 saturated heterocycles. The quantitative estimate of drug-likeness (QED) is 0.628. The molecule has 1 aromatic carbocycles. The van der Waals surface area contributed by atoms with Crippen molar-refractivity contribution in [3.63, 3.8) is 0 Å². The van der Waals surface area contributed by atoms with Gasteiger partial charge in [0.1, 0.15) is 5.82 Å². The van der Waals surface area contributed by atoms with Crippen molar-refractivity contribution in [3.8, 4) is 5.69 Å². The molecule has 0 unspecified atom stereocenters. The van der Waals surface area contributed by atoms with Gasteiger partial charge in [0.15, 0.2) is 0 Å². The highest BCUT2D eigenvalue weighted by Gasteiger charge is 2.15. The van der Waals surface area contributed by atoms with Crippen molar-refractivity contribution in [2.75, 3.05) is 6.79 Å². The van der Waals surface area contributed by atoms with Gasteiger partial charge >= 0.3 is 11.9 Å². The molecule has 0 fully saturated rings. The maximum absolute atomic E-state index is 12.0. The Morgan fingerprint density at radius 3 is 2.65 bits per heavy atom. The van der Waals surface area contributed by atoms with Crippen LogP contribution in [0.3, 0.4) is 0 Å². The molecule has 1 heterocycles. The van der Waals surface area contributed by atoms with Gasteiger partial charge in [0.25, 0.3) is 0 Å². The summed E-state index contributed by atoms with van der Waals surface area (Å²) in [6.45, 7) is 2.68. The van der Waals surface area contributed by atoms with Crippen LogP contribution in [0, 0.1) is 6.92 Å². The van der Waals surface area contributed by atoms with E-state index >= 15 is 0 Å². The van der Waals surface area contributed by atoms with Crippen LogP contribution in [0.1, 0.15) is 23.1 Å². The van der Waals surface area contributed by atoms with Gasteiger partial charge in [0.05, 0.1) is 11.3 Å². The highest BCUT2D eigenvalue weighted by molar-refractivity contribution is 5.93. The average Bonchev–Trinajstić information content (AvgIpc) is 2.84. The molecule has 0 radical (unpaired) electrons. The molecular weight excluding hydrogens is 260 g/mol. The lowest BCUT2D eigenvalue weighted by atomic mass is 10.2. The highest BCUT2D eigenvalue weighted by atomic mass is 16.7. The number of aryl methyl sites for hydroxylation is 1. The average molecular weight is 274 g/mol. The number of carbonyl (C=O) groups is 2. The zero-order valence-electron chi connectivity index (χ0n) is 11.2. The maximum atomic E-state index is 12.0. The molecule has 20 heavy (non-hydrogen) atoms. The minimum atomic E-state index is -0.560. The van der Waals surface area contributed by atoms with Crippen molar-refractivity contribution >= 4 is 11.9 Å². The molecule has 0 aliphatic rings. The summed E-state index contributed by atoms with van der Waals surface area (Å²) < 4.78 is 11.3. The second-order valence-electron chi connectivity index (χ2n) is 4.05. The van der Waals surface area contributed by atoms with Gasteiger partial charge in [-0.1, -0.05) is 12.1 Å². The molecule has 104 valence electrons. The Morgan fingerprint density at radius 1 is 1.25 bits per heavy atom. The Balaban J connectivity index is 2.22. The van der Waals surface area contributed by atoms with E-state index in [1.165, 1.54) is 6.92 Å². The summed E-state index contributed by atoms with van der Waals surface area (Å²) in [4.78, 5) is 26.8. The summed E-state index contributed by atoms with van der Waals surface area (Å²) in [5, 5.41) is 0. The van der Waals surface area contributed by atoms with E-state index in [1.807, 2.05) is 13.0 Å². The zero-order valence-corrected chi connectivity index (χ0v) is 11.2. The molecule has 2 rings (SSSR count). The molecule has 0 atom stereocenters. The fraction of sp³-hybridized carbons (Fsp3) is 0.214. The first-order valence-corrected chi connectivity index (χ1v) is 5.99. The van der Waals surface area contributed by atoms with E-state index in [0.717, 1.165) is 5.82 Å². The van der Waals surface area contributed by atoms with Crippen LogP contribution in [0.25, 0.3) is 5.69 Å². The predicted octanol–water partition coefficient (Wildman–Crippen LogP) is 1.86. The third-order valence-corrected chi connectivity index (χ3v) is 2.66. The van der Waals surface area contributed by atoms with Crippen molar-refractivity contribution in [3.05, 3.63) is 48.0 Å². The van der Waals surface area contributed by atoms with Gasteiger partial charge in [-0.25, -0.2) is 9.78 Å². The number of para-hydroxylation sites is 1. The van der Waals surface area contributed by atoms with Crippen molar-refractivity contribution < 1.29 is 19.1 Å². The number of rotatable bonds is 4. The first-order valence-electron chi connectivity index (χ1n) is 5.99. The third-order valence-electron chi connectivity index (χ3n) is 2.66. The molecule has 0 spiro atoms. The third kappa shape index (κ3) is 3.03. The lowest BCUT2D eigenvalue weighted by Crippen LogP contribution is -2.13. The van der Waals surface area contributed by atoms with Crippen molar-refractivity contribution in [2.45, 2.75) is 13.8 Å². The van der Waals surface area contributed by atoms with E-state index in [1.54, 1.807) is 35.2 Å². The summed E-state index contributed by atoms with van der Waals surface area (Å²) in [5.74, 6) is -0.309. The van der Waals surface area contributed by atoms with Gasteiger partial charge in [-0.3, -0.25) is 4.79 Å². The molecule has 1 aromatic heterocycles. The van der Waals surface area contributed by atoms with Crippen LogP contribution in [0.2, 0.25) is 0 Å². The molecule has 6 heteroatoms. The Hall–Kier alpha value is -2.63. The second-order valence-corrected chi connectivity index (χ2v) is 4.05. The number of hydrogen-bond acceptors (Lipinski definition) is 5. The Bertz CT molecular complexity index is 634. The number of nitrogens with zero attached hydrogens (tertiary/aromatic N) is 2. The fourth-order valence-electron chi connectivity index (χ4n) is 1.73. The second kappa shape index (κ2) is 6.01. The minimum Gasteiger partial charge on any atom is -0.428 e. The van der Waals surface area contributed by atoms with Gasteiger partial charge in [-0.05, 0) is 19.1 Å². The molecule has 2 aromatic rings. The highest BCUT2D eigenvalue weighted by Crippen LogP contribution is 2.17. The number of benzene rings is 1. The van der Waals surface area contributed by atoms with Gasteiger partial charge < -0.3 is 14.0 Å². The van der Waals surface area contributed by atoms with E-state index in [9.17, 15) is 9.59 Å². The summed E-state index contributed by atoms with van der Waals surface area (Å²) in [7, 11) is 0. The number of aromatic nitrogens is 2. The summed E-state index contributed by atoms with van der Waals surface area (Å²) in [5.41, 5.74) is 1.04. The molecule has 6 nitrogen and oxygen atoms in total. The minimum absolute atomic E-state index is 0.376. The van der Waals surface area contributed by atoms with Gasteiger partial charge in [0.2, 0.25) is 6.79 Å². The first kappa shape index (κ1) is 13.8. The molecule has 0 aliphatic carbocycles. The van der Waals surface area contributed by atoms with Crippen molar-refractivity contribution in [1.29, 1.82) is 0 Å². The van der Waals surface area contributed by atoms with E-state index in [4.69, 9.17) is 4.74 Å². The van der Waals surface area contributed by atoms with E-state index in [0.29, 0.717) is 11.3 Å². The summed E-state index contributed by atoms with van der Waals surface area (Å²) >= 11 is 0. The van der Waals surface area contributed by atoms with Gasteiger partial charge in [0, 0.05) is 19.3 Å². The number of esters is 2. The van der Waals surface area contributed by atoms with Crippen molar-refractivity contribution in [2.24, 2.45) is 0 Å². The van der Waals surface area contributed by atoms with Crippen LogP contribution >= 0.6 is 0 Å². The standard InChI is InChI=1S/C14H14N2O4/c1-10-15-7-8-16(10)13-6-4-3-5-12(13)14(18)20-9-19-11(2)17/h3-8H,9H2,1-2H3. The molecule has 0 bridgehead atoms. The lowest BCUT2D eigenvalue weighted by Gasteiger charge is -2.11. The molecule has 0 saturated carbocycles. The van der Waals surface area contributed by atoms with Crippen LogP contribution < -0.4 is 0 Å². The van der Waals surface area contributed by atoms with Crippen LogP contribution in [-0.2, 0) is 14.3 Å². The summed E-state index contributed by atoms with van der Waals surface area (Å²) in [6, 6.07) is 6.98. The van der Waals surface area contributed by atoms with E-state index < -0.39 is 18.7 Å². The molecular formula is C14H14N2O4. The van der Waals surface area contributed by atoms with Crippen molar-refractivity contribution in [1.82, 2.24) is 9.55 Å². The Kier molecular flexibility index (Phi) is 4.14. The van der Waals surface area contributed by atoms with E-state index in [2.05, 4.69) is 9.72 Å². The van der Waals surface area contributed by atoms with Gasteiger partial charge in [-0.2, -0.15) is 0 Å². The van der Waals surface area contributed by atoms with E-state index in [-0.39, 0.29) is 0 Å². The molecule has 0 N–H and O–H groups in total. The van der Waals surface area contributed by atoms with Crippen LogP contribution in [-0.4, -0.2) is 28.3 Å². The fourth-order valence-corrected chi connectivity index (χ4v) is 1.73. The topological polar surface area (TPSA) is 70.4 Å². The number of ether oxygens (including phenoxy) is 2. The lowest BCUT2D eigenvalue weighted by molar-refractivity contribution is -0.149. The molecule has 0 amide bonds. The van der Waals surface area contributed by atoms with Crippen LogP contribution in [0.5, 0.6) is 0 Å². The smallest absolute Gasteiger partial charge is 0.343 e. The first-order chi connectivity index (χ1) is 9.59. The number of carbonyl (C=O) groups excluding carboxylic acids is 2. The Morgan fingerprint density at radius 2 is 2.00 bits per heavy atom. The van der Waals surface area contributed by atoms with Crippen LogP contribution in [0.4, 0.5) is 0 Å². The molecule has 0 aliphatic heterocycles. The summed E-state index contributed by atoms with van der Waals surface area (Å²) in [6.07, 6.45) is 3.41. The van der Waals surface area contributed by atoms with Crippen LogP contribution in [0.15, 0.2) is 36.7 Å². The number of hydrogen-bond donors (Lipinski definition) is 0. The Labute approximate surface area is 116 Å². The largest absolute Gasteiger partial charge is 0.428 e. The predicted molar refractivity (Wildman–Crippen MR) is 70.3 cm³/mol. The SMILES string of the molecule is CC(=O)OCOC(=O)c1ccccc1-n1ccnc1C. The maximum Gasteiger partial charge on any atom is 0.343 e. The number of imidazole rings is 1. The normalized spacial score (nSPS) is 10.1. The zero-order chi connectivity index (χ0) is 14.5. The monoisotopic (exact) mass is 274 g/mol. The van der Waals surface area contributed by atoms with Gasteiger partial charge in [-0.15, -0.1) is 0 Å².